The molecule has 3 heteroatoms. The molecule has 1 N–H and O–H groups in total. The number of nitrogens with one attached hydrogen (secondary N) is 1. The molecule has 94 valence electrons. The van der Waals surface area contributed by atoms with Crippen LogP contribution in [0.25, 0.3) is 10.9 Å². The number of amides is 1. The molecule has 0 radical (unpaired) electrons. The number of aromatic nitrogens is 1. The van der Waals surface area contributed by atoms with Crippen LogP contribution < -0.4 is 0 Å². The summed E-state index contributed by atoms with van der Waals surface area (Å²) in [5.41, 5.74) is 4.11. The molecule has 1 fully saturated rings. The number of benzene rings is 1. The zero-order valence-electron chi connectivity index (χ0n) is 10.9. The summed E-state index contributed by atoms with van der Waals surface area (Å²) in [5.74, 6) is 0.152. The van der Waals surface area contributed by atoms with Gasteiger partial charge in [0.1, 0.15) is 5.69 Å². The zero-order chi connectivity index (χ0) is 12.7. The molecule has 1 aliphatic heterocycles. The maximum absolute atomic E-state index is 12.4. The Bertz CT molecular complexity index is 606. The predicted molar refractivity (Wildman–Crippen MR) is 72.9 cm³/mol. The number of fused-ring (bicyclic) bond motifs is 1. The number of likely N-dealkylation sites (tertiary alicyclic amines) is 1. The average Bonchev–Trinajstić information content (AvgIpc) is 2.97. The number of hydrogen-bond donors (Lipinski definition) is 1. The van der Waals surface area contributed by atoms with Crippen LogP contribution in [0, 0.1) is 13.8 Å². The minimum Gasteiger partial charge on any atom is -0.350 e. The van der Waals surface area contributed by atoms with Crippen LogP contribution >= 0.6 is 0 Å². The highest BCUT2D eigenvalue weighted by Crippen LogP contribution is 2.24. The Labute approximate surface area is 107 Å². The fourth-order valence-corrected chi connectivity index (χ4v) is 2.74. The molecule has 1 amide bonds. The first-order valence-corrected chi connectivity index (χ1v) is 6.55. The minimum atomic E-state index is 0.152. The Hall–Kier alpha value is -1.77. The molecule has 0 saturated carbocycles. The van der Waals surface area contributed by atoms with Gasteiger partial charge in [-0.25, -0.2) is 0 Å². The molecule has 1 aromatic carbocycles. The fraction of sp³-hybridized carbons (Fsp3) is 0.400. The highest BCUT2D eigenvalue weighted by atomic mass is 16.2. The molecule has 2 aromatic rings. The predicted octanol–water partition coefficient (Wildman–Crippen LogP) is 3.02. The molecule has 18 heavy (non-hydrogen) atoms. The summed E-state index contributed by atoms with van der Waals surface area (Å²) in [6, 6.07) is 6.29. The fourth-order valence-electron chi connectivity index (χ4n) is 2.74. The molecule has 2 heterocycles. The van der Waals surface area contributed by atoms with Gasteiger partial charge in [-0.2, -0.15) is 0 Å². The Morgan fingerprint density at radius 2 is 1.94 bits per heavy atom. The van der Waals surface area contributed by atoms with Gasteiger partial charge in [-0.3, -0.25) is 4.79 Å². The lowest BCUT2D eigenvalue weighted by atomic mass is 10.1. The van der Waals surface area contributed by atoms with Crippen LogP contribution in [-0.4, -0.2) is 28.9 Å². The Kier molecular flexibility index (Phi) is 2.62. The molecule has 0 bridgehead atoms. The molecule has 3 nitrogen and oxygen atoms in total. The normalized spacial score (nSPS) is 15.6. The van der Waals surface area contributed by atoms with E-state index in [1.54, 1.807) is 0 Å². The molecule has 0 aliphatic carbocycles. The van der Waals surface area contributed by atoms with Crippen molar-refractivity contribution < 1.29 is 4.79 Å². The number of aromatic amines is 1. The van der Waals surface area contributed by atoms with Gasteiger partial charge in [0.25, 0.3) is 5.91 Å². The SMILES string of the molecule is Cc1ccc2c(C)c(C(=O)N3CCCC3)[nH]c2c1. The number of aryl methyl sites for hydroxylation is 2. The molecule has 1 aromatic heterocycles. The molecule has 1 saturated heterocycles. The van der Waals surface area contributed by atoms with Crippen LogP contribution in [0.5, 0.6) is 0 Å². The van der Waals surface area contributed by atoms with Crippen molar-refractivity contribution in [2.75, 3.05) is 13.1 Å². The van der Waals surface area contributed by atoms with Crippen LogP contribution in [0.1, 0.15) is 34.5 Å². The van der Waals surface area contributed by atoms with Gasteiger partial charge in [0.2, 0.25) is 0 Å². The van der Waals surface area contributed by atoms with Crippen LogP contribution in [0.3, 0.4) is 0 Å². The third-order valence-corrected chi connectivity index (χ3v) is 3.82. The van der Waals surface area contributed by atoms with E-state index in [0.717, 1.165) is 48.1 Å². The molecule has 0 unspecified atom stereocenters. The summed E-state index contributed by atoms with van der Waals surface area (Å²) in [7, 11) is 0. The smallest absolute Gasteiger partial charge is 0.270 e. The van der Waals surface area contributed by atoms with Gasteiger partial charge >= 0.3 is 0 Å². The molecular weight excluding hydrogens is 224 g/mol. The Balaban J connectivity index is 2.06. The minimum absolute atomic E-state index is 0.152. The van der Waals surface area contributed by atoms with E-state index in [4.69, 9.17) is 0 Å². The third kappa shape index (κ3) is 1.70. The first kappa shape index (κ1) is 11.3. The first-order valence-electron chi connectivity index (χ1n) is 6.55. The molecule has 1 aliphatic rings. The average molecular weight is 242 g/mol. The molecular formula is C15H18N2O. The van der Waals surface area contributed by atoms with Gasteiger partial charge in [0.05, 0.1) is 0 Å². The summed E-state index contributed by atoms with van der Waals surface area (Å²) in [6.07, 6.45) is 2.26. The maximum Gasteiger partial charge on any atom is 0.270 e. The summed E-state index contributed by atoms with van der Waals surface area (Å²) in [5, 5.41) is 1.16. The van der Waals surface area contributed by atoms with Gasteiger partial charge in [-0.1, -0.05) is 12.1 Å². The lowest BCUT2D eigenvalue weighted by Gasteiger charge is -2.14. The summed E-state index contributed by atoms with van der Waals surface area (Å²) in [6.45, 7) is 5.88. The van der Waals surface area contributed by atoms with Crippen molar-refractivity contribution in [3.63, 3.8) is 0 Å². The van der Waals surface area contributed by atoms with E-state index < -0.39 is 0 Å². The highest BCUT2D eigenvalue weighted by Gasteiger charge is 2.23. The molecule has 0 atom stereocenters. The number of rotatable bonds is 1. The van der Waals surface area contributed by atoms with Crippen LogP contribution in [0.2, 0.25) is 0 Å². The van der Waals surface area contributed by atoms with E-state index in [-0.39, 0.29) is 5.91 Å². The van der Waals surface area contributed by atoms with Gasteiger partial charge in [-0.05, 0) is 43.9 Å². The summed E-state index contributed by atoms with van der Waals surface area (Å²) in [4.78, 5) is 17.7. The summed E-state index contributed by atoms with van der Waals surface area (Å²) < 4.78 is 0. The lowest BCUT2D eigenvalue weighted by Crippen LogP contribution is -2.28. The van der Waals surface area contributed by atoms with E-state index in [0.29, 0.717) is 0 Å². The van der Waals surface area contributed by atoms with Gasteiger partial charge in [-0.15, -0.1) is 0 Å². The summed E-state index contributed by atoms with van der Waals surface area (Å²) >= 11 is 0. The quantitative estimate of drug-likeness (QED) is 0.819. The zero-order valence-corrected chi connectivity index (χ0v) is 10.9. The van der Waals surface area contributed by atoms with Crippen LogP contribution in [-0.2, 0) is 0 Å². The second kappa shape index (κ2) is 4.16. The van der Waals surface area contributed by atoms with Crippen molar-refractivity contribution in [3.8, 4) is 0 Å². The lowest BCUT2D eigenvalue weighted by molar-refractivity contribution is 0.0787. The van der Waals surface area contributed by atoms with Crippen molar-refractivity contribution in [1.82, 2.24) is 9.88 Å². The Morgan fingerprint density at radius 1 is 1.22 bits per heavy atom. The van der Waals surface area contributed by atoms with E-state index in [1.165, 1.54) is 5.56 Å². The van der Waals surface area contributed by atoms with Crippen LogP contribution in [0.15, 0.2) is 18.2 Å². The Morgan fingerprint density at radius 3 is 2.67 bits per heavy atom. The molecule has 3 rings (SSSR count). The first-order chi connectivity index (χ1) is 8.66. The number of nitrogens with zero attached hydrogens (tertiary/aromatic N) is 1. The van der Waals surface area contributed by atoms with E-state index in [1.807, 2.05) is 11.8 Å². The van der Waals surface area contributed by atoms with Crippen molar-refractivity contribution in [2.45, 2.75) is 26.7 Å². The highest BCUT2D eigenvalue weighted by molar-refractivity contribution is 6.01. The second-order valence-electron chi connectivity index (χ2n) is 5.17. The van der Waals surface area contributed by atoms with Gasteiger partial charge in [0, 0.05) is 24.0 Å². The standard InChI is InChI=1S/C15H18N2O/c1-10-5-6-12-11(2)14(16-13(12)9-10)15(18)17-7-3-4-8-17/h5-6,9,16H,3-4,7-8H2,1-2H3. The number of carbonyl (C=O) groups is 1. The van der Waals surface area contributed by atoms with E-state index >= 15 is 0 Å². The van der Waals surface area contributed by atoms with Crippen molar-refractivity contribution in [3.05, 3.63) is 35.0 Å². The monoisotopic (exact) mass is 242 g/mol. The largest absolute Gasteiger partial charge is 0.350 e. The number of H-pyrrole nitrogens is 1. The second-order valence-corrected chi connectivity index (χ2v) is 5.17. The van der Waals surface area contributed by atoms with Gasteiger partial charge < -0.3 is 9.88 Å². The van der Waals surface area contributed by atoms with Crippen molar-refractivity contribution >= 4 is 16.8 Å². The third-order valence-electron chi connectivity index (χ3n) is 3.82. The van der Waals surface area contributed by atoms with Crippen molar-refractivity contribution in [2.24, 2.45) is 0 Å². The topological polar surface area (TPSA) is 36.1 Å². The number of hydrogen-bond acceptors (Lipinski definition) is 1. The van der Waals surface area contributed by atoms with Crippen molar-refractivity contribution in [1.29, 1.82) is 0 Å². The molecule has 0 spiro atoms. The van der Waals surface area contributed by atoms with Gasteiger partial charge in [0.15, 0.2) is 0 Å². The van der Waals surface area contributed by atoms with E-state index in [9.17, 15) is 4.79 Å². The van der Waals surface area contributed by atoms with Crippen LogP contribution in [0.4, 0.5) is 0 Å². The van der Waals surface area contributed by atoms with E-state index in [2.05, 4.69) is 30.1 Å². The maximum atomic E-state index is 12.4. The number of carbonyl (C=O) groups excluding carboxylic acids is 1.